The highest BCUT2D eigenvalue weighted by molar-refractivity contribution is 7.89. The summed E-state index contributed by atoms with van der Waals surface area (Å²) in [5, 5.41) is 9.18. The largest absolute Gasteiger partial charge is 0.266 e. The van der Waals surface area contributed by atoms with Crippen molar-refractivity contribution in [1.29, 1.82) is 0 Å². The van der Waals surface area contributed by atoms with Crippen molar-refractivity contribution in [2.45, 2.75) is 11.4 Å². The van der Waals surface area contributed by atoms with Crippen LogP contribution in [0.1, 0.15) is 6.42 Å². The van der Waals surface area contributed by atoms with Gasteiger partial charge in [-0.2, -0.15) is 5.10 Å². The molecule has 1 aromatic rings. The predicted octanol–water partition coefficient (Wildman–Crippen LogP) is 0.388. The molecule has 2 N–H and O–H groups in total. The molecule has 0 amide bonds. The smallest absolute Gasteiger partial charge is 0.257 e. The first kappa shape index (κ1) is 11.5. The number of aromatic nitrogens is 2. The zero-order valence-corrected chi connectivity index (χ0v) is 8.61. The van der Waals surface area contributed by atoms with E-state index in [1.807, 2.05) is 0 Å². The Bertz CT molecular complexity index is 432. The summed E-state index contributed by atoms with van der Waals surface area (Å²) < 4.78 is 25.2. The third-order valence-corrected chi connectivity index (χ3v) is 2.95. The van der Waals surface area contributed by atoms with Crippen molar-refractivity contribution in [2.75, 3.05) is 13.1 Å². The molecule has 8 nitrogen and oxygen atoms in total. The fourth-order valence-corrected chi connectivity index (χ4v) is 1.85. The van der Waals surface area contributed by atoms with Crippen LogP contribution in [-0.4, -0.2) is 31.7 Å². The van der Waals surface area contributed by atoms with E-state index < -0.39 is 10.0 Å². The molecule has 0 radical (unpaired) electrons. The molecule has 82 valence electrons. The van der Waals surface area contributed by atoms with Gasteiger partial charge in [-0.3, -0.25) is 5.10 Å². The number of rotatable bonds is 6. The van der Waals surface area contributed by atoms with Gasteiger partial charge in [-0.05, 0) is 18.0 Å². The van der Waals surface area contributed by atoms with E-state index in [-0.39, 0.29) is 18.1 Å². The molecule has 0 atom stereocenters. The van der Waals surface area contributed by atoms with Crippen LogP contribution < -0.4 is 4.72 Å². The Labute approximate surface area is 86.4 Å². The molecular weight excluding hydrogens is 220 g/mol. The normalized spacial score (nSPS) is 10.9. The average Bonchev–Trinajstić information content (AvgIpc) is 2.70. The summed E-state index contributed by atoms with van der Waals surface area (Å²) in [6.07, 6.45) is 1.81. The first-order chi connectivity index (χ1) is 7.17. The van der Waals surface area contributed by atoms with Crippen molar-refractivity contribution in [3.05, 3.63) is 22.7 Å². The summed E-state index contributed by atoms with van der Waals surface area (Å²) in [5.41, 5.74) is 7.98. The molecule has 0 aliphatic carbocycles. The van der Waals surface area contributed by atoms with Gasteiger partial charge < -0.3 is 0 Å². The Morgan fingerprint density at radius 1 is 1.67 bits per heavy atom. The second-order valence-electron chi connectivity index (χ2n) is 2.63. The number of azide groups is 1. The quantitative estimate of drug-likeness (QED) is 0.318. The summed E-state index contributed by atoms with van der Waals surface area (Å²) in [7, 11) is -3.51. The van der Waals surface area contributed by atoms with E-state index >= 15 is 0 Å². The SMILES string of the molecule is [N-]=[N+]=NCCCNS(=O)(=O)c1ccn[nH]1. The van der Waals surface area contributed by atoms with Gasteiger partial charge in [0.2, 0.25) is 0 Å². The average molecular weight is 230 g/mol. The molecule has 1 heterocycles. The maximum atomic E-state index is 11.4. The van der Waals surface area contributed by atoms with Crippen LogP contribution in [0.25, 0.3) is 10.4 Å². The van der Waals surface area contributed by atoms with Crippen molar-refractivity contribution < 1.29 is 8.42 Å². The van der Waals surface area contributed by atoms with Crippen molar-refractivity contribution in [2.24, 2.45) is 5.11 Å². The van der Waals surface area contributed by atoms with Gasteiger partial charge in [0.1, 0.15) is 0 Å². The fourth-order valence-electron chi connectivity index (χ4n) is 0.872. The predicted molar refractivity (Wildman–Crippen MR) is 52.4 cm³/mol. The van der Waals surface area contributed by atoms with Crippen LogP contribution in [0.15, 0.2) is 22.4 Å². The Balaban J connectivity index is 2.41. The summed E-state index contributed by atoms with van der Waals surface area (Å²) in [5.74, 6) is 0. The van der Waals surface area contributed by atoms with Gasteiger partial charge in [0.15, 0.2) is 5.03 Å². The molecule has 0 aliphatic rings. The lowest BCUT2D eigenvalue weighted by Gasteiger charge is -2.02. The van der Waals surface area contributed by atoms with Crippen LogP contribution in [0.5, 0.6) is 0 Å². The van der Waals surface area contributed by atoms with Gasteiger partial charge in [-0.1, -0.05) is 5.11 Å². The van der Waals surface area contributed by atoms with Crippen LogP contribution in [0.4, 0.5) is 0 Å². The number of hydrogen-bond acceptors (Lipinski definition) is 4. The molecule has 0 saturated heterocycles. The number of hydrogen-bond donors (Lipinski definition) is 2. The molecular formula is C6H10N6O2S. The van der Waals surface area contributed by atoms with E-state index in [1.165, 1.54) is 12.3 Å². The summed E-state index contributed by atoms with van der Waals surface area (Å²) in [6.45, 7) is 0.488. The lowest BCUT2D eigenvalue weighted by Crippen LogP contribution is -2.25. The highest BCUT2D eigenvalue weighted by Gasteiger charge is 2.13. The molecule has 0 saturated carbocycles. The highest BCUT2D eigenvalue weighted by Crippen LogP contribution is 2.01. The lowest BCUT2D eigenvalue weighted by atomic mass is 10.4. The number of sulfonamides is 1. The number of H-pyrrole nitrogens is 1. The molecule has 1 aromatic heterocycles. The van der Waals surface area contributed by atoms with Gasteiger partial charge in [-0.25, -0.2) is 13.1 Å². The van der Waals surface area contributed by atoms with E-state index in [0.29, 0.717) is 6.42 Å². The van der Waals surface area contributed by atoms with Crippen LogP contribution in [0, 0.1) is 0 Å². The van der Waals surface area contributed by atoms with Crippen molar-refractivity contribution in [3.8, 4) is 0 Å². The maximum absolute atomic E-state index is 11.4. The van der Waals surface area contributed by atoms with E-state index in [1.54, 1.807) is 0 Å². The molecule has 1 rings (SSSR count). The van der Waals surface area contributed by atoms with Crippen LogP contribution >= 0.6 is 0 Å². The van der Waals surface area contributed by atoms with Crippen LogP contribution in [-0.2, 0) is 10.0 Å². The molecule has 0 fully saturated rings. The van der Waals surface area contributed by atoms with Crippen LogP contribution in [0.2, 0.25) is 0 Å². The number of nitrogens with zero attached hydrogens (tertiary/aromatic N) is 4. The van der Waals surface area contributed by atoms with E-state index in [9.17, 15) is 8.42 Å². The van der Waals surface area contributed by atoms with Crippen molar-refractivity contribution in [1.82, 2.24) is 14.9 Å². The van der Waals surface area contributed by atoms with Gasteiger partial charge >= 0.3 is 0 Å². The summed E-state index contributed by atoms with van der Waals surface area (Å²) in [4.78, 5) is 2.55. The first-order valence-electron chi connectivity index (χ1n) is 4.17. The topological polar surface area (TPSA) is 124 Å². The number of aromatic amines is 1. The standard InChI is InChI=1S/C6H10N6O2S/c7-12-9-3-1-4-10-15(13,14)6-2-5-8-11-6/h2,5,10H,1,3-4H2,(H,8,11). The zero-order chi connectivity index (χ0) is 11.1. The minimum atomic E-state index is -3.51. The van der Waals surface area contributed by atoms with Crippen LogP contribution in [0.3, 0.4) is 0 Å². The molecule has 0 bridgehead atoms. The third-order valence-electron chi connectivity index (χ3n) is 1.55. The van der Waals surface area contributed by atoms with E-state index in [2.05, 4.69) is 24.9 Å². The third kappa shape index (κ3) is 3.58. The second kappa shape index (κ2) is 5.35. The fraction of sp³-hybridized carbons (Fsp3) is 0.500. The maximum Gasteiger partial charge on any atom is 0.257 e. The Morgan fingerprint density at radius 3 is 3.07 bits per heavy atom. The van der Waals surface area contributed by atoms with Gasteiger partial charge in [0, 0.05) is 18.0 Å². The zero-order valence-electron chi connectivity index (χ0n) is 7.79. The molecule has 0 spiro atoms. The van der Waals surface area contributed by atoms with E-state index in [4.69, 9.17) is 5.53 Å². The van der Waals surface area contributed by atoms with Gasteiger partial charge in [0.05, 0.1) is 6.20 Å². The van der Waals surface area contributed by atoms with Gasteiger partial charge in [-0.15, -0.1) is 0 Å². The van der Waals surface area contributed by atoms with Crippen molar-refractivity contribution >= 4 is 10.0 Å². The van der Waals surface area contributed by atoms with Gasteiger partial charge in [0.25, 0.3) is 10.0 Å². The minimum Gasteiger partial charge on any atom is -0.266 e. The number of nitrogens with one attached hydrogen (secondary N) is 2. The monoisotopic (exact) mass is 230 g/mol. The molecule has 0 aliphatic heterocycles. The Morgan fingerprint density at radius 2 is 2.47 bits per heavy atom. The van der Waals surface area contributed by atoms with E-state index in [0.717, 1.165) is 0 Å². The van der Waals surface area contributed by atoms with Crippen molar-refractivity contribution in [3.63, 3.8) is 0 Å². The highest BCUT2D eigenvalue weighted by atomic mass is 32.2. The first-order valence-corrected chi connectivity index (χ1v) is 5.65. The molecule has 9 heteroatoms. The molecule has 15 heavy (non-hydrogen) atoms. The molecule has 0 aromatic carbocycles. The summed E-state index contributed by atoms with van der Waals surface area (Å²) >= 11 is 0. The Kier molecular flexibility index (Phi) is 4.10. The Hall–Kier alpha value is -1.57. The second-order valence-corrected chi connectivity index (χ2v) is 4.36. The molecule has 0 unspecified atom stereocenters. The lowest BCUT2D eigenvalue weighted by molar-refractivity contribution is 0.575. The summed E-state index contributed by atoms with van der Waals surface area (Å²) in [6, 6.07) is 1.36. The minimum absolute atomic E-state index is 0.0197.